The topological polar surface area (TPSA) is 66.9 Å². The van der Waals surface area contributed by atoms with Gasteiger partial charge < -0.3 is 9.55 Å². The number of nitrogens with zero attached hydrogens (tertiary/aromatic N) is 1. The zero-order chi connectivity index (χ0) is 19.0. The van der Waals surface area contributed by atoms with Gasteiger partial charge in [-0.25, -0.2) is 0 Å². The third-order valence-electron chi connectivity index (χ3n) is 5.66. The Morgan fingerprint density at radius 1 is 0.893 bits per heavy atom. The van der Waals surface area contributed by atoms with E-state index in [0.29, 0.717) is 17.7 Å². The first-order chi connectivity index (χ1) is 13.7. The second kappa shape index (κ2) is 5.10. The van der Waals surface area contributed by atoms with Gasteiger partial charge in [0.2, 0.25) is 0 Å². The molecule has 0 saturated carbocycles. The number of nitrogens with one attached hydrogen (secondary N) is 2. The van der Waals surface area contributed by atoms with Crippen LogP contribution in [0.1, 0.15) is 20.7 Å². The summed E-state index contributed by atoms with van der Waals surface area (Å²) in [5.41, 5.74) is 4.68. The average Bonchev–Trinajstić information content (AvgIpc) is 3.32. The second-order valence-electron chi connectivity index (χ2n) is 7.09. The first-order valence-corrected chi connectivity index (χ1v) is 9.14. The highest BCUT2D eigenvalue weighted by molar-refractivity contribution is 6.39. The van der Waals surface area contributed by atoms with Crippen LogP contribution in [0.5, 0.6) is 0 Å². The maximum atomic E-state index is 12.8. The van der Waals surface area contributed by atoms with Gasteiger partial charge >= 0.3 is 0 Å². The summed E-state index contributed by atoms with van der Waals surface area (Å²) >= 11 is 0. The summed E-state index contributed by atoms with van der Waals surface area (Å²) in [6.45, 7) is 4.51. The van der Waals surface area contributed by atoms with Gasteiger partial charge in [0.05, 0.1) is 22.2 Å². The molecule has 6 rings (SSSR count). The molecule has 0 bridgehead atoms. The molecular formula is C23H15N3O2. The number of para-hydroxylation sites is 2. The number of aromatic amines is 1. The Morgan fingerprint density at radius 2 is 1.57 bits per heavy atom. The SMILES string of the molecule is C=CCn1c2ccccc2c2c3c(c4c5ccccc5[nH]c4c21)C(=O)NC3=O. The van der Waals surface area contributed by atoms with Crippen LogP contribution < -0.4 is 5.32 Å². The van der Waals surface area contributed by atoms with E-state index in [4.69, 9.17) is 0 Å². The molecule has 5 heteroatoms. The van der Waals surface area contributed by atoms with E-state index in [1.54, 1.807) is 0 Å². The predicted octanol–water partition coefficient (Wildman–Crippen LogP) is 4.50. The number of fused-ring (bicyclic) bond motifs is 10. The van der Waals surface area contributed by atoms with E-state index in [0.717, 1.165) is 43.6 Å². The highest BCUT2D eigenvalue weighted by Crippen LogP contribution is 2.43. The Bertz CT molecular complexity index is 1520. The minimum atomic E-state index is -0.336. The van der Waals surface area contributed by atoms with Crippen molar-refractivity contribution in [2.75, 3.05) is 0 Å². The van der Waals surface area contributed by atoms with Crippen LogP contribution in [0.25, 0.3) is 43.6 Å². The van der Waals surface area contributed by atoms with Gasteiger partial charge in [0.25, 0.3) is 11.8 Å². The first kappa shape index (κ1) is 15.2. The molecule has 2 amide bonds. The van der Waals surface area contributed by atoms with Crippen LogP contribution in [0.3, 0.4) is 0 Å². The fraction of sp³-hybridized carbons (Fsp3) is 0.0435. The predicted molar refractivity (Wildman–Crippen MR) is 111 cm³/mol. The average molecular weight is 365 g/mol. The van der Waals surface area contributed by atoms with Crippen molar-refractivity contribution in [2.24, 2.45) is 0 Å². The van der Waals surface area contributed by atoms with Crippen molar-refractivity contribution in [3.05, 3.63) is 72.3 Å². The van der Waals surface area contributed by atoms with Crippen molar-refractivity contribution in [1.29, 1.82) is 0 Å². The van der Waals surface area contributed by atoms with E-state index in [1.165, 1.54) is 0 Å². The molecule has 3 heterocycles. The molecule has 5 aromatic rings. The van der Waals surface area contributed by atoms with E-state index >= 15 is 0 Å². The molecule has 1 aliphatic rings. The van der Waals surface area contributed by atoms with Gasteiger partial charge in [-0.1, -0.05) is 42.5 Å². The number of rotatable bonds is 2. The van der Waals surface area contributed by atoms with Gasteiger partial charge in [-0.3, -0.25) is 14.9 Å². The minimum Gasteiger partial charge on any atom is -0.353 e. The lowest BCUT2D eigenvalue weighted by Gasteiger charge is -2.07. The van der Waals surface area contributed by atoms with E-state index in [2.05, 4.69) is 21.4 Å². The number of H-pyrrole nitrogens is 1. The quantitative estimate of drug-likeness (QED) is 0.357. The minimum absolute atomic E-state index is 0.335. The third-order valence-corrected chi connectivity index (χ3v) is 5.66. The van der Waals surface area contributed by atoms with Crippen molar-refractivity contribution >= 4 is 55.4 Å². The Morgan fingerprint density at radius 3 is 2.36 bits per heavy atom. The summed E-state index contributed by atoms with van der Waals surface area (Å²) in [7, 11) is 0. The molecule has 2 N–H and O–H groups in total. The molecule has 2 aromatic heterocycles. The highest BCUT2D eigenvalue weighted by Gasteiger charge is 2.35. The van der Waals surface area contributed by atoms with Crippen LogP contribution in [0, 0.1) is 0 Å². The molecule has 0 spiro atoms. The number of amides is 2. The summed E-state index contributed by atoms with van der Waals surface area (Å²) in [6.07, 6.45) is 1.85. The summed E-state index contributed by atoms with van der Waals surface area (Å²) in [5.74, 6) is -0.670. The molecule has 134 valence electrons. The highest BCUT2D eigenvalue weighted by atomic mass is 16.2. The van der Waals surface area contributed by atoms with Crippen LogP contribution in [-0.2, 0) is 6.54 Å². The fourth-order valence-corrected chi connectivity index (χ4v) is 4.65. The lowest BCUT2D eigenvalue weighted by Crippen LogP contribution is -2.20. The number of imide groups is 1. The number of carbonyl (C=O) groups is 2. The van der Waals surface area contributed by atoms with Gasteiger partial charge in [-0.15, -0.1) is 6.58 Å². The summed E-state index contributed by atoms with van der Waals surface area (Å²) < 4.78 is 2.16. The van der Waals surface area contributed by atoms with Crippen molar-refractivity contribution in [3.63, 3.8) is 0 Å². The molecule has 28 heavy (non-hydrogen) atoms. The maximum absolute atomic E-state index is 12.8. The molecular weight excluding hydrogens is 350 g/mol. The van der Waals surface area contributed by atoms with E-state index in [-0.39, 0.29) is 11.8 Å². The Balaban J connectivity index is 2.03. The maximum Gasteiger partial charge on any atom is 0.259 e. The van der Waals surface area contributed by atoms with Gasteiger partial charge in [-0.05, 0) is 12.1 Å². The zero-order valence-electron chi connectivity index (χ0n) is 14.9. The van der Waals surface area contributed by atoms with Crippen LogP contribution in [0.15, 0.2) is 61.2 Å². The molecule has 5 nitrogen and oxygen atoms in total. The number of hydrogen-bond acceptors (Lipinski definition) is 2. The van der Waals surface area contributed by atoms with Crippen molar-refractivity contribution in [3.8, 4) is 0 Å². The largest absolute Gasteiger partial charge is 0.353 e. The standard InChI is InChI=1S/C23H15N3O2/c1-2-11-26-15-10-6-4-8-13(15)17-19-18(22(27)25-23(19)28)16-12-7-3-5-9-14(12)24-20(16)21(17)26/h2-10,24H,1,11H2,(H,25,27,28). The Kier molecular flexibility index (Phi) is 2.78. The number of allylic oxidation sites excluding steroid dienone is 1. The molecule has 0 aliphatic carbocycles. The molecule has 0 fully saturated rings. The number of benzene rings is 3. The Labute approximate surface area is 159 Å². The lowest BCUT2D eigenvalue weighted by molar-refractivity contribution is 0.0880. The smallest absolute Gasteiger partial charge is 0.259 e. The van der Waals surface area contributed by atoms with Gasteiger partial charge in [0.1, 0.15) is 0 Å². The molecule has 0 saturated heterocycles. The number of carbonyl (C=O) groups excluding carboxylic acids is 2. The van der Waals surface area contributed by atoms with E-state index in [1.807, 2.05) is 54.6 Å². The normalized spacial score (nSPS) is 13.7. The van der Waals surface area contributed by atoms with Crippen molar-refractivity contribution in [1.82, 2.24) is 14.9 Å². The third kappa shape index (κ3) is 1.66. The second-order valence-corrected chi connectivity index (χ2v) is 7.09. The van der Waals surface area contributed by atoms with Crippen molar-refractivity contribution < 1.29 is 9.59 Å². The number of hydrogen-bond donors (Lipinski definition) is 2. The van der Waals surface area contributed by atoms with Crippen LogP contribution in [0.2, 0.25) is 0 Å². The zero-order valence-corrected chi connectivity index (χ0v) is 14.9. The number of aromatic nitrogens is 2. The molecule has 0 radical (unpaired) electrons. The monoisotopic (exact) mass is 365 g/mol. The summed E-state index contributed by atoms with van der Waals surface area (Å²) in [5, 5.41) is 6.02. The van der Waals surface area contributed by atoms with Gasteiger partial charge in [-0.2, -0.15) is 0 Å². The summed E-state index contributed by atoms with van der Waals surface area (Å²) in [6, 6.07) is 15.8. The molecule has 3 aromatic carbocycles. The van der Waals surface area contributed by atoms with Crippen LogP contribution in [0.4, 0.5) is 0 Å². The molecule has 1 aliphatic heterocycles. The van der Waals surface area contributed by atoms with Gasteiger partial charge in [0, 0.05) is 39.1 Å². The lowest BCUT2D eigenvalue weighted by atomic mass is 9.97. The summed E-state index contributed by atoms with van der Waals surface area (Å²) in [4.78, 5) is 29.1. The first-order valence-electron chi connectivity index (χ1n) is 9.14. The molecule has 0 unspecified atom stereocenters. The van der Waals surface area contributed by atoms with E-state index < -0.39 is 0 Å². The van der Waals surface area contributed by atoms with Crippen LogP contribution in [-0.4, -0.2) is 21.4 Å². The van der Waals surface area contributed by atoms with Crippen LogP contribution >= 0.6 is 0 Å². The Hall–Kier alpha value is -3.86. The van der Waals surface area contributed by atoms with Gasteiger partial charge in [0.15, 0.2) is 0 Å². The fourth-order valence-electron chi connectivity index (χ4n) is 4.65. The van der Waals surface area contributed by atoms with Crippen molar-refractivity contribution in [2.45, 2.75) is 6.54 Å². The van der Waals surface area contributed by atoms with E-state index in [9.17, 15) is 9.59 Å². The molecule has 0 atom stereocenters.